The number of thiophene rings is 2. The number of nitrogens with zero attached hydrogens (tertiary/aromatic N) is 2. The van der Waals surface area contributed by atoms with Gasteiger partial charge in [-0.25, -0.2) is 9.97 Å². The first kappa shape index (κ1) is 11.6. The van der Waals surface area contributed by atoms with Crippen LogP contribution in [-0.4, -0.2) is 17.1 Å². The van der Waals surface area contributed by atoms with Crippen molar-refractivity contribution in [3.63, 3.8) is 0 Å². The van der Waals surface area contributed by atoms with Crippen molar-refractivity contribution in [2.75, 3.05) is 12.8 Å². The molecule has 0 radical (unpaired) electrons. The van der Waals surface area contributed by atoms with Crippen molar-refractivity contribution in [1.82, 2.24) is 9.97 Å². The standard InChI is InChI=1S/C12H11N3OS2/c1-16-5-9-14-11(13)10-7(6-18-12(10)15-9)8-3-2-4-17-8/h2-4,6H,5H2,1H3,(H2,13,14,15). The molecule has 0 saturated carbocycles. The van der Waals surface area contributed by atoms with E-state index in [1.807, 2.05) is 6.07 Å². The molecule has 3 rings (SSSR count). The van der Waals surface area contributed by atoms with Gasteiger partial charge in [-0.1, -0.05) is 6.07 Å². The summed E-state index contributed by atoms with van der Waals surface area (Å²) in [4.78, 5) is 10.9. The Labute approximate surface area is 112 Å². The van der Waals surface area contributed by atoms with Crippen LogP contribution in [-0.2, 0) is 11.3 Å². The number of methoxy groups -OCH3 is 1. The third-order valence-corrected chi connectivity index (χ3v) is 4.34. The van der Waals surface area contributed by atoms with E-state index >= 15 is 0 Å². The van der Waals surface area contributed by atoms with Crippen molar-refractivity contribution in [3.8, 4) is 10.4 Å². The molecule has 4 nitrogen and oxygen atoms in total. The minimum absolute atomic E-state index is 0.381. The molecule has 3 aromatic rings. The van der Waals surface area contributed by atoms with Gasteiger partial charge in [-0.3, -0.25) is 0 Å². The van der Waals surface area contributed by atoms with E-state index in [-0.39, 0.29) is 0 Å². The third-order valence-electron chi connectivity index (χ3n) is 2.57. The number of fused-ring (bicyclic) bond motifs is 1. The average molecular weight is 277 g/mol. The summed E-state index contributed by atoms with van der Waals surface area (Å²) >= 11 is 3.28. The van der Waals surface area contributed by atoms with E-state index in [0.717, 1.165) is 15.8 Å². The van der Waals surface area contributed by atoms with E-state index in [1.54, 1.807) is 29.8 Å². The molecule has 6 heteroatoms. The zero-order valence-corrected chi connectivity index (χ0v) is 11.3. The fourth-order valence-corrected chi connectivity index (χ4v) is 3.61. The smallest absolute Gasteiger partial charge is 0.158 e. The highest BCUT2D eigenvalue weighted by atomic mass is 32.1. The number of rotatable bonds is 3. The Bertz CT molecular complexity index is 676. The number of aromatic nitrogens is 2. The van der Waals surface area contributed by atoms with E-state index < -0.39 is 0 Å². The average Bonchev–Trinajstić information content (AvgIpc) is 2.96. The zero-order chi connectivity index (χ0) is 12.5. The maximum atomic E-state index is 6.04. The monoisotopic (exact) mass is 277 g/mol. The lowest BCUT2D eigenvalue weighted by molar-refractivity contribution is 0.178. The van der Waals surface area contributed by atoms with Crippen LogP contribution in [0.1, 0.15) is 5.82 Å². The number of hydrogen-bond donors (Lipinski definition) is 1. The minimum atomic E-state index is 0.381. The molecule has 0 aliphatic carbocycles. The van der Waals surface area contributed by atoms with Crippen molar-refractivity contribution in [2.24, 2.45) is 0 Å². The molecular weight excluding hydrogens is 266 g/mol. The van der Waals surface area contributed by atoms with Crippen LogP contribution < -0.4 is 5.73 Å². The first-order chi connectivity index (χ1) is 8.79. The summed E-state index contributed by atoms with van der Waals surface area (Å²) in [6.07, 6.45) is 0. The molecule has 0 aliphatic heterocycles. The van der Waals surface area contributed by atoms with Gasteiger partial charge < -0.3 is 10.5 Å². The summed E-state index contributed by atoms with van der Waals surface area (Å²) < 4.78 is 5.04. The molecule has 0 fully saturated rings. The highest BCUT2D eigenvalue weighted by molar-refractivity contribution is 7.18. The predicted octanol–water partition coefficient (Wildman–Crippen LogP) is 3.15. The Kier molecular flexibility index (Phi) is 2.99. The van der Waals surface area contributed by atoms with E-state index in [9.17, 15) is 0 Å². The third kappa shape index (κ3) is 1.88. The molecule has 0 atom stereocenters. The van der Waals surface area contributed by atoms with Gasteiger partial charge in [0.15, 0.2) is 5.82 Å². The van der Waals surface area contributed by atoms with Crippen molar-refractivity contribution in [2.45, 2.75) is 6.61 Å². The van der Waals surface area contributed by atoms with Crippen molar-refractivity contribution >= 4 is 38.7 Å². The first-order valence-corrected chi connectivity index (χ1v) is 7.12. The maximum Gasteiger partial charge on any atom is 0.158 e. The summed E-state index contributed by atoms with van der Waals surface area (Å²) in [5.74, 6) is 1.15. The lowest BCUT2D eigenvalue weighted by atomic mass is 10.2. The van der Waals surface area contributed by atoms with Crippen LogP contribution >= 0.6 is 22.7 Å². The number of nitrogens with two attached hydrogens (primary N) is 1. The van der Waals surface area contributed by atoms with Gasteiger partial charge in [0.25, 0.3) is 0 Å². The highest BCUT2D eigenvalue weighted by Gasteiger charge is 2.13. The highest BCUT2D eigenvalue weighted by Crippen LogP contribution is 2.37. The van der Waals surface area contributed by atoms with Crippen LogP contribution in [0.2, 0.25) is 0 Å². The summed E-state index contributed by atoms with van der Waals surface area (Å²) in [5.41, 5.74) is 7.16. The van der Waals surface area contributed by atoms with Gasteiger partial charge in [-0.15, -0.1) is 22.7 Å². The summed E-state index contributed by atoms with van der Waals surface area (Å²) in [6, 6.07) is 4.11. The molecule has 0 amide bonds. The Morgan fingerprint density at radius 1 is 1.33 bits per heavy atom. The fraction of sp³-hybridized carbons (Fsp3) is 0.167. The maximum absolute atomic E-state index is 6.04. The van der Waals surface area contributed by atoms with Crippen LogP contribution in [0.15, 0.2) is 22.9 Å². The zero-order valence-electron chi connectivity index (χ0n) is 9.71. The molecule has 2 N–H and O–H groups in total. The number of anilines is 1. The Morgan fingerprint density at radius 3 is 2.94 bits per heavy atom. The quantitative estimate of drug-likeness (QED) is 0.799. The molecule has 0 aromatic carbocycles. The summed E-state index contributed by atoms with van der Waals surface area (Å²) in [5, 5.41) is 5.08. The molecule has 3 heterocycles. The lowest BCUT2D eigenvalue weighted by Crippen LogP contribution is -2.01. The van der Waals surface area contributed by atoms with E-state index in [1.165, 1.54) is 4.88 Å². The van der Waals surface area contributed by atoms with Crippen LogP contribution in [0.25, 0.3) is 20.7 Å². The van der Waals surface area contributed by atoms with Gasteiger partial charge in [0.1, 0.15) is 17.3 Å². The molecule has 18 heavy (non-hydrogen) atoms. The summed E-state index contributed by atoms with van der Waals surface area (Å²) in [7, 11) is 1.62. The molecule has 0 unspecified atom stereocenters. The normalized spacial score (nSPS) is 11.2. The van der Waals surface area contributed by atoms with Gasteiger partial charge in [0.2, 0.25) is 0 Å². The molecule has 0 aliphatic rings. The second-order valence-electron chi connectivity index (χ2n) is 3.76. The molecule has 92 valence electrons. The molecule has 0 bridgehead atoms. The fourth-order valence-electron chi connectivity index (χ4n) is 1.82. The van der Waals surface area contributed by atoms with Crippen LogP contribution in [0.3, 0.4) is 0 Å². The molecule has 0 saturated heterocycles. The SMILES string of the molecule is COCc1nc(N)c2c(-c3cccs3)csc2n1. The van der Waals surface area contributed by atoms with Crippen LogP contribution in [0.4, 0.5) is 5.82 Å². The van der Waals surface area contributed by atoms with Gasteiger partial charge in [0.05, 0.1) is 5.39 Å². The van der Waals surface area contributed by atoms with Gasteiger partial charge >= 0.3 is 0 Å². The topological polar surface area (TPSA) is 61.0 Å². The van der Waals surface area contributed by atoms with Gasteiger partial charge in [-0.2, -0.15) is 0 Å². The Balaban J connectivity index is 2.20. The second-order valence-corrected chi connectivity index (χ2v) is 5.57. The number of ether oxygens (including phenoxy) is 1. The first-order valence-electron chi connectivity index (χ1n) is 5.36. The van der Waals surface area contributed by atoms with Crippen molar-refractivity contribution < 1.29 is 4.74 Å². The van der Waals surface area contributed by atoms with Gasteiger partial charge in [-0.05, 0) is 11.4 Å². The Morgan fingerprint density at radius 2 is 2.22 bits per heavy atom. The largest absolute Gasteiger partial charge is 0.383 e. The van der Waals surface area contributed by atoms with Crippen LogP contribution in [0.5, 0.6) is 0 Å². The van der Waals surface area contributed by atoms with Gasteiger partial charge in [0, 0.05) is 22.9 Å². The minimum Gasteiger partial charge on any atom is -0.383 e. The Hall–Kier alpha value is -1.50. The lowest BCUT2D eigenvalue weighted by Gasteiger charge is -2.02. The van der Waals surface area contributed by atoms with E-state index in [4.69, 9.17) is 10.5 Å². The molecule has 3 aromatic heterocycles. The van der Waals surface area contributed by atoms with Crippen molar-refractivity contribution in [1.29, 1.82) is 0 Å². The molecule has 0 spiro atoms. The number of hydrogen-bond acceptors (Lipinski definition) is 6. The predicted molar refractivity (Wildman–Crippen MR) is 75.9 cm³/mol. The molecular formula is C12H11N3OS2. The summed E-state index contributed by atoms with van der Waals surface area (Å²) in [6.45, 7) is 0.381. The second kappa shape index (κ2) is 4.64. The number of nitrogen functional groups attached to an aromatic ring is 1. The van der Waals surface area contributed by atoms with E-state index in [2.05, 4.69) is 26.8 Å². The van der Waals surface area contributed by atoms with Crippen LogP contribution in [0, 0.1) is 0 Å². The van der Waals surface area contributed by atoms with Crippen molar-refractivity contribution in [3.05, 3.63) is 28.7 Å². The van der Waals surface area contributed by atoms with E-state index in [0.29, 0.717) is 18.2 Å².